The van der Waals surface area contributed by atoms with Crippen LogP contribution >= 0.6 is 0 Å². The molecule has 0 spiro atoms. The van der Waals surface area contributed by atoms with Crippen molar-refractivity contribution in [3.8, 4) is 45.3 Å². The van der Waals surface area contributed by atoms with Crippen LogP contribution in [0.15, 0.2) is 168 Å². The number of hydrogen-bond acceptors (Lipinski definition) is 4. The van der Waals surface area contributed by atoms with Gasteiger partial charge in [-0.15, -0.1) is 0 Å². The van der Waals surface area contributed by atoms with E-state index in [0.29, 0.717) is 17.5 Å². The minimum atomic E-state index is 0.136. The first kappa shape index (κ1) is 29.4. The second-order valence-corrected chi connectivity index (χ2v) is 15.3. The molecule has 8 aromatic carbocycles. The monoisotopic (exact) mass is 729 g/mol. The number of rotatable bonds is 4. The molecule has 11 aromatic rings. The van der Waals surface area contributed by atoms with E-state index in [1.807, 2.05) is 54.6 Å². The first-order chi connectivity index (χ1) is 25.7. The summed E-state index contributed by atoms with van der Waals surface area (Å²) in [6, 6.07) is 57.8. The number of benzene rings is 8. The van der Waals surface area contributed by atoms with Gasteiger partial charge in [-0.2, -0.15) is 0 Å². The van der Waals surface area contributed by atoms with E-state index in [0.717, 1.165) is 38.6 Å². The summed E-state index contributed by atoms with van der Waals surface area (Å²) in [5, 5.41) is 9.85. The van der Waals surface area contributed by atoms with Gasteiger partial charge in [0, 0.05) is 5.39 Å². The Kier molecular flexibility index (Phi) is 6.53. The Labute approximate surface area is 304 Å². The molecular weight excluding hydrogens is 701 g/mol. The zero-order chi connectivity index (χ0) is 34.2. The van der Waals surface area contributed by atoms with Gasteiger partial charge in [-0.1, -0.05) is 18.2 Å². The third-order valence-corrected chi connectivity index (χ3v) is 12.8. The Morgan fingerprint density at radius 3 is 1.77 bits per heavy atom. The fraction of sp³-hybridized carbons (Fsp3) is 0. The predicted molar refractivity (Wildman–Crippen MR) is 216 cm³/mol. The first-order valence-corrected chi connectivity index (χ1v) is 19.1. The average molecular weight is 729 g/mol. The van der Waals surface area contributed by atoms with E-state index < -0.39 is 0 Å². The summed E-state index contributed by atoms with van der Waals surface area (Å²) < 4.78 is 9.14. The van der Waals surface area contributed by atoms with Gasteiger partial charge in [-0.25, -0.2) is 0 Å². The molecule has 0 bridgehead atoms. The van der Waals surface area contributed by atoms with Crippen molar-refractivity contribution in [2.45, 2.75) is 0 Å². The van der Waals surface area contributed by atoms with Crippen molar-refractivity contribution in [3.05, 3.63) is 164 Å². The molecule has 242 valence electrons. The van der Waals surface area contributed by atoms with Gasteiger partial charge in [0.2, 0.25) is 0 Å². The van der Waals surface area contributed by atoms with Crippen LogP contribution in [0.5, 0.6) is 0 Å². The van der Waals surface area contributed by atoms with Crippen molar-refractivity contribution in [1.82, 2.24) is 15.0 Å². The number of nitrogens with zero attached hydrogens (tertiary/aromatic N) is 3. The van der Waals surface area contributed by atoms with Crippen molar-refractivity contribution in [2.24, 2.45) is 0 Å². The van der Waals surface area contributed by atoms with E-state index in [1.165, 1.54) is 52.0 Å². The quantitative estimate of drug-likeness (QED) is 0.134. The summed E-state index contributed by atoms with van der Waals surface area (Å²) >= 11 is 0.136. The van der Waals surface area contributed by atoms with Gasteiger partial charge in [-0.3, -0.25) is 0 Å². The maximum atomic E-state index is 6.26. The third-order valence-electron chi connectivity index (χ3n) is 10.1. The normalized spacial score (nSPS) is 11.8. The van der Waals surface area contributed by atoms with Crippen LogP contribution in [0.3, 0.4) is 0 Å². The molecule has 3 heterocycles. The molecule has 0 aliphatic carbocycles. The van der Waals surface area contributed by atoms with Gasteiger partial charge >= 0.3 is 270 Å². The van der Waals surface area contributed by atoms with Crippen molar-refractivity contribution in [3.63, 3.8) is 0 Å². The summed E-state index contributed by atoms with van der Waals surface area (Å²) in [6.07, 6.45) is 0. The molecule has 3 aromatic heterocycles. The summed E-state index contributed by atoms with van der Waals surface area (Å²) in [7, 11) is 0. The van der Waals surface area contributed by atoms with Crippen LogP contribution in [0.1, 0.15) is 0 Å². The fourth-order valence-electron chi connectivity index (χ4n) is 7.59. The summed E-state index contributed by atoms with van der Waals surface area (Å²) in [5.74, 6) is 1.88. The van der Waals surface area contributed by atoms with E-state index in [1.54, 1.807) is 0 Å². The van der Waals surface area contributed by atoms with Crippen LogP contribution in [-0.4, -0.2) is 29.5 Å². The van der Waals surface area contributed by atoms with Crippen LogP contribution in [0.4, 0.5) is 0 Å². The van der Waals surface area contributed by atoms with E-state index in [9.17, 15) is 0 Å². The Morgan fingerprint density at radius 2 is 0.942 bits per heavy atom. The van der Waals surface area contributed by atoms with Crippen LogP contribution in [0, 0.1) is 0 Å². The SMILES string of the molecule is c1ccc(-c2nc(-c3ccc4c(c3)oc3ccccc34)nc(-c3ccc4ccc5ccc6c7cccc(-c8ccccc8)c7[se]c6c5c4c3)n2)cc1. The molecule has 0 aliphatic heterocycles. The van der Waals surface area contributed by atoms with Gasteiger partial charge in [0.25, 0.3) is 0 Å². The van der Waals surface area contributed by atoms with Crippen molar-refractivity contribution in [2.75, 3.05) is 0 Å². The number of furan rings is 1. The summed E-state index contributed by atoms with van der Waals surface area (Å²) in [4.78, 5) is 15.2. The molecule has 0 aliphatic rings. The Hall–Kier alpha value is -6.39. The minimum absolute atomic E-state index is 0.136. The molecule has 52 heavy (non-hydrogen) atoms. The predicted octanol–water partition coefficient (Wildman–Crippen LogP) is 12.1. The van der Waals surface area contributed by atoms with Crippen LogP contribution < -0.4 is 0 Å². The van der Waals surface area contributed by atoms with Crippen LogP contribution in [0.25, 0.3) is 108 Å². The topological polar surface area (TPSA) is 51.8 Å². The van der Waals surface area contributed by atoms with Crippen molar-refractivity contribution >= 4 is 77.3 Å². The Bertz CT molecular complexity index is 3180. The van der Waals surface area contributed by atoms with Crippen molar-refractivity contribution < 1.29 is 4.42 Å². The van der Waals surface area contributed by atoms with Gasteiger partial charge in [0.05, 0.1) is 0 Å². The van der Waals surface area contributed by atoms with E-state index in [-0.39, 0.29) is 14.5 Å². The van der Waals surface area contributed by atoms with E-state index in [2.05, 4.69) is 109 Å². The van der Waals surface area contributed by atoms with E-state index in [4.69, 9.17) is 19.4 Å². The zero-order valence-electron chi connectivity index (χ0n) is 27.7. The molecule has 0 atom stereocenters. The molecule has 0 N–H and O–H groups in total. The number of fused-ring (bicyclic) bond motifs is 10. The summed E-state index contributed by atoms with van der Waals surface area (Å²) in [6.45, 7) is 0. The second-order valence-electron chi connectivity index (χ2n) is 13.2. The van der Waals surface area contributed by atoms with Gasteiger partial charge in [-0.05, 0) is 6.07 Å². The second kappa shape index (κ2) is 11.6. The van der Waals surface area contributed by atoms with Gasteiger partial charge in [0.1, 0.15) is 5.58 Å². The molecule has 11 rings (SSSR count). The van der Waals surface area contributed by atoms with Crippen LogP contribution in [0.2, 0.25) is 0 Å². The molecule has 0 radical (unpaired) electrons. The van der Waals surface area contributed by atoms with Gasteiger partial charge in [0.15, 0.2) is 0 Å². The maximum absolute atomic E-state index is 6.26. The standard InChI is InChI=1S/C47H27N3OSe/c1-3-10-28(11-4-1)34-15-9-16-37-38-25-22-30-20-18-29-19-21-32(26-39(29)42(30)44(38)52-43(34)37)46-48-45(31-12-5-2-6-13-31)49-47(50-46)33-23-24-36-35-14-7-8-17-40(35)51-41(36)27-33/h1-27H. The molecule has 0 saturated heterocycles. The Balaban J connectivity index is 1.13. The zero-order valence-corrected chi connectivity index (χ0v) is 29.5. The third kappa shape index (κ3) is 4.64. The molecular formula is C47H27N3OSe. The molecule has 4 nitrogen and oxygen atoms in total. The number of para-hydroxylation sites is 1. The molecule has 0 amide bonds. The van der Waals surface area contributed by atoms with Crippen LogP contribution in [-0.2, 0) is 0 Å². The first-order valence-electron chi connectivity index (χ1n) is 17.3. The van der Waals surface area contributed by atoms with E-state index >= 15 is 0 Å². The molecule has 0 unspecified atom stereocenters. The number of hydrogen-bond donors (Lipinski definition) is 0. The fourth-order valence-corrected chi connectivity index (χ4v) is 10.5. The van der Waals surface area contributed by atoms with Crippen molar-refractivity contribution in [1.29, 1.82) is 0 Å². The summed E-state index contributed by atoms with van der Waals surface area (Å²) in [5.41, 5.74) is 7.05. The number of aromatic nitrogens is 3. The van der Waals surface area contributed by atoms with Gasteiger partial charge < -0.3 is 0 Å². The molecule has 0 saturated carbocycles. The molecule has 5 heteroatoms. The average Bonchev–Trinajstić information content (AvgIpc) is 3.79. The molecule has 0 fully saturated rings. The Morgan fingerprint density at radius 1 is 0.365 bits per heavy atom.